The van der Waals surface area contributed by atoms with Gasteiger partial charge in [0.15, 0.2) is 0 Å². The van der Waals surface area contributed by atoms with Crippen LogP contribution >= 0.6 is 0 Å². The summed E-state index contributed by atoms with van der Waals surface area (Å²) in [5.41, 5.74) is 4.68. The summed E-state index contributed by atoms with van der Waals surface area (Å²) < 4.78 is 40.4. The quantitative estimate of drug-likeness (QED) is 0.316. The Morgan fingerprint density at radius 1 is 0.794 bits per heavy atom. The maximum atomic E-state index is 13.5. The Bertz CT molecular complexity index is 1360. The summed E-state index contributed by atoms with van der Waals surface area (Å²) in [6.07, 6.45) is 3.82. The molecule has 0 fully saturated rings. The largest absolute Gasteiger partial charge is 0.394 e. The van der Waals surface area contributed by atoms with E-state index in [1.807, 2.05) is 60.9 Å². The molecule has 0 aliphatic heterocycles. The number of pyridine rings is 3. The van der Waals surface area contributed by atoms with Crippen LogP contribution in [-0.4, -0.2) is 26.1 Å². The van der Waals surface area contributed by atoms with E-state index in [1.54, 1.807) is 30.7 Å². The van der Waals surface area contributed by atoms with Crippen molar-refractivity contribution in [3.63, 3.8) is 0 Å². The number of halogens is 3. The Balaban J connectivity index is 1.65. The van der Waals surface area contributed by atoms with E-state index < -0.39 is 12.6 Å². The van der Waals surface area contributed by atoms with E-state index >= 15 is 0 Å². The number of H-pyrrole nitrogens is 1. The molecule has 1 N–H and O–H groups in total. The maximum absolute atomic E-state index is 13.5. The minimum Gasteiger partial charge on any atom is -0.358 e. The zero-order valence-electron chi connectivity index (χ0n) is 18.1. The zero-order valence-corrected chi connectivity index (χ0v) is 18.1. The van der Waals surface area contributed by atoms with Crippen molar-refractivity contribution in [3.8, 4) is 11.3 Å². The fraction of sp³-hybridized carbons (Fsp3) is 0.148. The van der Waals surface area contributed by atoms with Crippen LogP contribution in [0.2, 0.25) is 0 Å². The highest BCUT2D eigenvalue weighted by Crippen LogP contribution is 2.38. The van der Waals surface area contributed by atoms with E-state index in [0.717, 1.165) is 22.1 Å². The average molecular weight is 458 g/mol. The standard InChI is InChI=1S/C27H21F3N4/c28-27(29,30)15-24-25(21-9-1-2-10-23(21)34-24)26-18(6-5-13-33-26)14-22(19-7-3-11-31-16-19)20-8-4-12-32-17-20/h1-13,16-17,22,34H,14-15H2. The molecule has 0 unspecified atom stereocenters. The summed E-state index contributed by atoms with van der Waals surface area (Å²) in [6.45, 7) is 0. The molecule has 0 radical (unpaired) electrons. The van der Waals surface area contributed by atoms with Crippen LogP contribution in [0.3, 0.4) is 0 Å². The molecule has 4 nitrogen and oxygen atoms in total. The van der Waals surface area contributed by atoms with Gasteiger partial charge in [-0.25, -0.2) is 0 Å². The lowest BCUT2D eigenvalue weighted by molar-refractivity contribution is -0.127. The predicted molar refractivity (Wildman–Crippen MR) is 125 cm³/mol. The number of hydrogen-bond donors (Lipinski definition) is 1. The van der Waals surface area contributed by atoms with E-state index in [9.17, 15) is 13.2 Å². The van der Waals surface area contributed by atoms with Crippen LogP contribution in [-0.2, 0) is 12.8 Å². The Labute approximate surface area is 194 Å². The Morgan fingerprint density at radius 3 is 2.12 bits per heavy atom. The predicted octanol–water partition coefficient (Wildman–Crippen LogP) is 6.50. The van der Waals surface area contributed by atoms with E-state index in [-0.39, 0.29) is 11.6 Å². The molecule has 4 aromatic heterocycles. The first-order valence-corrected chi connectivity index (χ1v) is 10.9. The maximum Gasteiger partial charge on any atom is 0.394 e. The number of para-hydroxylation sites is 1. The van der Waals surface area contributed by atoms with Crippen molar-refractivity contribution in [2.45, 2.75) is 24.9 Å². The topological polar surface area (TPSA) is 54.5 Å². The third-order valence-electron chi connectivity index (χ3n) is 5.89. The fourth-order valence-electron chi connectivity index (χ4n) is 4.44. The molecule has 0 spiro atoms. The van der Waals surface area contributed by atoms with Crippen molar-refractivity contribution in [1.29, 1.82) is 0 Å². The van der Waals surface area contributed by atoms with Gasteiger partial charge in [-0.3, -0.25) is 15.0 Å². The SMILES string of the molecule is FC(F)(F)Cc1[nH]c2ccccc2c1-c1ncccc1CC(c1cccnc1)c1cccnc1. The van der Waals surface area contributed by atoms with Crippen LogP contribution in [0.4, 0.5) is 13.2 Å². The first kappa shape index (κ1) is 21.8. The fourth-order valence-corrected chi connectivity index (χ4v) is 4.44. The molecule has 0 bridgehead atoms. The summed E-state index contributed by atoms with van der Waals surface area (Å²) in [5.74, 6) is -0.0818. The minimum atomic E-state index is -4.35. The van der Waals surface area contributed by atoms with Crippen LogP contribution in [0, 0.1) is 0 Å². The number of fused-ring (bicyclic) bond motifs is 1. The molecule has 0 aliphatic rings. The molecular weight excluding hydrogens is 437 g/mol. The third-order valence-corrected chi connectivity index (χ3v) is 5.89. The van der Waals surface area contributed by atoms with Gasteiger partial charge < -0.3 is 4.98 Å². The first-order valence-electron chi connectivity index (χ1n) is 10.9. The normalized spacial score (nSPS) is 11.9. The smallest absolute Gasteiger partial charge is 0.358 e. The number of hydrogen-bond acceptors (Lipinski definition) is 3. The van der Waals surface area contributed by atoms with Gasteiger partial charge in [-0.05, 0) is 47.4 Å². The zero-order chi connectivity index (χ0) is 23.5. The second-order valence-corrected chi connectivity index (χ2v) is 8.16. The van der Waals surface area contributed by atoms with E-state index in [2.05, 4.69) is 19.9 Å². The lowest BCUT2D eigenvalue weighted by atomic mass is 9.86. The highest BCUT2D eigenvalue weighted by Gasteiger charge is 2.32. The molecule has 7 heteroatoms. The number of nitrogens with zero attached hydrogens (tertiary/aromatic N) is 3. The Morgan fingerprint density at radius 2 is 1.47 bits per heavy atom. The molecule has 4 heterocycles. The summed E-state index contributed by atoms with van der Waals surface area (Å²) in [6, 6.07) is 18.8. The van der Waals surface area contributed by atoms with Crippen LogP contribution < -0.4 is 0 Å². The minimum absolute atomic E-state index is 0.0818. The molecule has 0 amide bonds. The number of alkyl halides is 3. The molecular formula is C27H21F3N4. The highest BCUT2D eigenvalue weighted by molar-refractivity contribution is 5.97. The van der Waals surface area contributed by atoms with Crippen molar-refractivity contribution in [2.75, 3.05) is 0 Å². The molecule has 170 valence electrons. The molecule has 0 atom stereocenters. The van der Waals surface area contributed by atoms with Crippen molar-refractivity contribution in [2.24, 2.45) is 0 Å². The summed E-state index contributed by atoms with van der Waals surface area (Å²) >= 11 is 0. The van der Waals surface area contributed by atoms with Crippen molar-refractivity contribution >= 4 is 10.9 Å². The van der Waals surface area contributed by atoms with Crippen LogP contribution in [0.15, 0.2) is 91.6 Å². The number of rotatable bonds is 6. The van der Waals surface area contributed by atoms with E-state index in [4.69, 9.17) is 0 Å². The second kappa shape index (κ2) is 9.09. The van der Waals surface area contributed by atoms with E-state index in [0.29, 0.717) is 23.2 Å². The lowest BCUT2D eigenvalue weighted by Gasteiger charge is -2.19. The molecule has 5 rings (SSSR count). The third kappa shape index (κ3) is 4.55. The van der Waals surface area contributed by atoms with Gasteiger partial charge in [-0.2, -0.15) is 13.2 Å². The van der Waals surface area contributed by atoms with Gasteiger partial charge in [0.05, 0.1) is 12.1 Å². The van der Waals surface area contributed by atoms with Gasteiger partial charge in [0, 0.05) is 59.1 Å². The monoisotopic (exact) mass is 458 g/mol. The highest BCUT2D eigenvalue weighted by atomic mass is 19.4. The molecule has 0 aliphatic carbocycles. The molecule has 5 aromatic rings. The Hall–Kier alpha value is -4.00. The Kier molecular flexibility index (Phi) is 5.84. The van der Waals surface area contributed by atoms with Crippen molar-refractivity contribution < 1.29 is 13.2 Å². The van der Waals surface area contributed by atoms with Gasteiger partial charge >= 0.3 is 6.18 Å². The van der Waals surface area contributed by atoms with Gasteiger partial charge in [0.2, 0.25) is 0 Å². The van der Waals surface area contributed by atoms with Crippen LogP contribution in [0.25, 0.3) is 22.2 Å². The molecule has 34 heavy (non-hydrogen) atoms. The number of benzene rings is 1. The summed E-state index contributed by atoms with van der Waals surface area (Å²) in [5, 5.41) is 0.723. The lowest BCUT2D eigenvalue weighted by Crippen LogP contribution is -2.13. The molecule has 1 aromatic carbocycles. The summed E-state index contributed by atoms with van der Waals surface area (Å²) in [4.78, 5) is 16.1. The van der Waals surface area contributed by atoms with E-state index in [1.165, 1.54) is 0 Å². The van der Waals surface area contributed by atoms with Crippen molar-refractivity contribution in [1.82, 2.24) is 19.9 Å². The van der Waals surface area contributed by atoms with Gasteiger partial charge in [0.25, 0.3) is 0 Å². The number of aromatic amines is 1. The first-order chi connectivity index (χ1) is 16.5. The number of aromatic nitrogens is 4. The molecule has 0 saturated carbocycles. The van der Waals surface area contributed by atoms with Crippen molar-refractivity contribution in [3.05, 3.63) is 114 Å². The second-order valence-electron chi connectivity index (χ2n) is 8.16. The number of nitrogens with one attached hydrogen (secondary N) is 1. The van der Waals surface area contributed by atoms with Gasteiger partial charge in [-0.1, -0.05) is 36.4 Å². The van der Waals surface area contributed by atoms with Crippen LogP contribution in [0.1, 0.15) is 28.3 Å². The molecule has 0 saturated heterocycles. The van der Waals surface area contributed by atoms with Gasteiger partial charge in [-0.15, -0.1) is 0 Å². The van der Waals surface area contributed by atoms with Gasteiger partial charge in [0.1, 0.15) is 0 Å². The average Bonchev–Trinajstić information content (AvgIpc) is 3.20. The summed E-state index contributed by atoms with van der Waals surface area (Å²) in [7, 11) is 0. The van der Waals surface area contributed by atoms with Crippen LogP contribution in [0.5, 0.6) is 0 Å².